The Morgan fingerprint density at radius 2 is 1.71 bits per heavy atom. The van der Waals surface area contributed by atoms with Gasteiger partial charge in [0.05, 0.1) is 6.10 Å². The van der Waals surface area contributed by atoms with E-state index in [1.165, 1.54) is 19.3 Å². The van der Waals surface area contributed by atoms with Crippen LogP contribution in [0.5, 0.6) is 0 Å². The van der Waals surface area contributed by atoms with E-state index in [-0.39, 0.29) is 6.10 Å². The molecular formula is C12H26OS. The lowest BCUT2D eigenvalue weighted by atomic mass is 9.94. The van der Waals surface area contributed by atoms with Gasteiger partial charge in [-0.1, -0.05) is 40.5 Å². The summed E-state index contributed by atoms with van der Waals surface area (Å²) in [5.41, 5.74) is 0. The number of aliphatic hydroxyl groups is 1. The van der Waals surface area contributed by atoms with Gasteiger partial charge >= 0.3 is 0 Å². The van der Waals surface area contributed by atoms with Gasteiger partial charge in [0.25, 0.3) is 0 Å². The molecule has 0 heterocycles. The van der Waals surface area contributed by atoms with Gasteiger partial charge < -0.3 is 5.11 Å². The van der Waals surface area contributed by atoms with E-state index in [0.717, 1.165) is 0 Å². The van der Waals surface area contributed by atoms with Crippen molar-refractivity contribution in [3.05, 3.63) is 0 Å². The second-order valence-electron chi connectivity index (χ2n) is 4.35. The number of rotatable bonds is 7. The summed E-state index contributed by atoms with van der Waals surface area (Å²) in [4.78, 5) is 0. The largest absolute Gasteiger partial charge is 0.392 e. The van der Waals surface area contributed by atoms with Gasteiger partial charge in [-0.3, -0.25) is 0 Å². The molecule has 0 aromatic rings. The third-order valence-corrected chi connectivity index (χ3v) is 4.19. The summed E-state index contributed by atoms with van der Waals surface area (Å²) in [5, 5.41) is 10.8. The van der Waals surface area contributed by atoms with Crippen molar-refractivity contribution < 1.29 is 5.11 Å². The van der Waals surface area contributed by atoms with E-state index in [9.17, 15) is 5.11 Å². The van der Waals surface area contributed by atoms with Crippen LogP contribution in [0.15, 0.2) is 0 Å². The van der Waals surface area contributed by atoms with Crippen molar-refractivity contribution in [2.45, 2.75) is 70.5 Å². The molecule has 0 aromatic carbocycles. The Kier molecular flexibility index (Phi) is 7.75. The Balaban J connectivity index is 4.27. The van der Waals surface area contributed by atoms with E-state index < -0.39 is 0 Å². The second-order valence-corrected chi connectivity index (χ2v) is 6.11. The highest BCUT2D eigenvalue weighted by atomic mass is 32.2. The van der Waals surface area contributed by atoms with Gasteiger partial charge in [0, 0.05) is 5.25 Å². The van der Waals surface area contributed by atoms with Crippen LogP contribution >= 0.6 is 11.8 Å². The minimum absolute atomic E-state index is 0.182. The maximum Gasteiger partial charge on any atom is 0.0633 e. The first-order valence-electron chi connectivity index (χ1n) is 5.86. The van der Waals surface area contributed by atoms with Crippen molar-refractivity contribution in [1.29, 1.82) is 0 Å². The first-order valence-corrected chi connectivity index (χ1v) is 6.80. The molecule has 86 valence electrons. The van der Waals surface area contributed by atoms with Crippen molar-refractivity contribution in [2.75, 3.05) is 0 Å². The fourth-order valence-electron chi connectivity index (χ4n) is 1.90. The molecule has 2 heteroatoms. The van der Waals surface area contributed by atoms with Crippen molar-refractivity contribution in [3.8, 4) is 0 Å². The van der Waals surface area contributed by atoms with Crippen molar-refractivity contribution in [3.63, 3.8) is 0 Å². The average Bonchev–Trinajstić information content (AvgIpc) is 2.10. The summed E-state index contributed by atoms with van der Waals surface area (Å²) in [6.45, 7) is 10.8. The van der Waals surface area contributed by atoms with Crippen LogP contribution in [0.1, 0.15) is 53.9 Å². The molecule has 0 spiro atoms. The Hall–Kier alpha value is 0.310. The van der Waals surface area contributed by atoms with Crippen LogP contribution in [-0.4, -0.2) is 21.7 Å². The maximum atomic E-state index is 9.77. The summed E-state index contributed by atoms with van der Waals surface area (Å²) >= 11 is 1.93. The summed E-state index contributed by atoms with van der Waals surface area (Å²) in [5.74, 6) is 0.674. The number of thioether (sulfide) groups is 1. The minimum atomic E-state index is -0.182. The highest BCUT2D eigenvalue weighted by Crippen LogP contribution is 2.31. The van der Waals surface area contributed by atoms with E-state index in [1.807, 2.05) is 18.7 Å². The molecule has 3 atom stereocenters. The Bertz CT molecular complexity index is 134. The lowest BCUT2D eigenvalue weighted by molar-refractivity contribution is 0.163. The summed E-state index contributed by atoms with van der Waals surface area (Å²) < 4.78 is 0. The quantitative estimate of drug-likeness (QED) is 0.703. The van der Waals surface area contributed by atoms with Gasteiger partial charge in [0.15, 0.2) is 0 Å². The van der Waals surface area contributed by atoms with Crippen molar-refractivity contribution in [2.24, 2.45) is 5.92 Å². The third kappa shape index (κ3) is 5.26. The molecule has 0 aliphatic heterocycles. The lowest BCUT2D eigenvalue weighted by Crippen LogP contribution is -2.29. The minimum Gasteiger partial charge on any atom is -0.392 e. The zero-order valence-electron chi connectivity index (χ0n) is 10.3. The number of hydrogen-bond acceptors (Lipinski definition) is 2. The fourth-order valence-corrected chi connectivity index (χ4v) is 3.31. The van der Waals surface area contributed by atoms with Gasteiger partial charge in [-0.2, -0.15) is 11.8 Å². The normalized spacial score (nSPS) is 18.2. The topological polar surface area (TPSA) is 20.2 Å². The van der Waals surface area contributed by atoms with Crippen molar-refractivity contribution >= 4 is 11.8 Å². The Labute approximate surface area is 93.7 Å². The molecule has 0 radical (unpaired) electrons. The van der Waals surface area contributed by atoms with E-state index in [2.05, 4.69) is 27.7 Å². The van der Waals surface area contributed by atoms with Crippen LogP contribution in [0.4, 0.5) is 0 Å². The number of aliphatic hydroxyl groups excluding tert-OH is 1. The molecule has 0 bridgehead atoms. The van der Waals surface area contributed by atoms with Crippen LogP contribution < -0.4 is 0 Å². The smallest absolute Gasteiger partial charge is 0.0633 e. The molecule has 0 amide bonds. The van der Waals surface area contributed by atoms with Crippen LogP contribution in [0, 0.1) is 5.92 Å². The highest BCUT2D eigenvalue weighted by molar-refractivity contribution is 8.00. The summed E-state index contributed by atoms with van der Waals surface area (Å²) in [6, 6.07) is 0. The van der Waals surface area contributed by atoms with Crippen LogP contribution in [-0.2, 0) is 0 Å². The van der Waals surface area contributed by atoms with Crippen molar-refractivity contribution in [1.82, 2.24) is 0 Å². The first-order chi connectivity index (χ1) is 6.52. The second kappa shape index (κ2) is 7.58. The van der Waals surface area contributed by atoms with Crippen LogP contribution in [0.3, 0.4) is 0 Å². The predicted octanol–water partition coefficient (Wildman–Crippen LogP) is 3.70. The Morgan fingerprint density at radius 1 is 1.14 bits per heavy atom. The highest BCUT2D eigenvalue weighted by Gasteiger charge is 2.25. The summed E-state index contributed by atoms with van der Waals surface area (Å²) in [6.07, 6.45) is 3.47. The van der Waals surface area contributed by atoms with E-state index in [4.69, 9.17) is 0 Å². The molecule has 14 heavy (non-hydrogen) atoms. The van der Waals surface area contributed by atoms with Gasteiger partial charge in [-0.15, -0.1) is 0 Å². The molecule has 0 saturated heterocycles. The predicted molar refractivity (Wildman–Crippen MR) is 66.9 cm³/mol. The molecule has 0 aliphatic carbocycles. The Morgan fingerprint density at radius 3 is 2.00 bits per heavy atom. The molecule has 1 nitrogen and oxygen atoms in total. The third-order valence-electron chi connectivity index (χ3n) is 2.55. The standard InChI is InChI=1S/C12H26OS/c1-6-8-11(7-2)12(10(5)13)14-9(3)4/h9-13H,6-8H2,1-5H3. The molecule has 1 N–H and O–H groups in total. The molecule has 0 rings (SSSR count). The number of hydrogen-bond donors (Lipinski definition) is 1. The molecule has 3 unspecified atom stereocenters. The van der Waals surface area contributed by atoms with Gasteiger partial charge in [0.2, 0.25) is 0 Å². The van der Waals surface area contributed by atoms with E-state index in [0.29, 0.717) is 16.4 Å². The average molecular weight is 218 g/mol. The van der Waals surface area contributed by atoms with Gasteiger partial charge in [-0.25, -0.2) is 0 Å². The first kappa shape index (κ1) is 14.3. The monoisotopic (exact) mass is 218 g/mol. The van der Waals surface area contributed by atoms with Gasteiger partial charge in [0.1, 0.15) is 0 Å². The van der Waals surface area contributed by atoms with Crippen LogP contribution in [0.25, 0.3) is 0 Å². The SMILES string of the molecule is CCCC(CC)C(SC(C)C)C(C)O. The summed E-state index contributed by atoms with van der Waals surface area (Å²) in [7, 11) is 0. The van der Waals surface area contributed by atoms with Crippen LogP contribution in [0.2, 0.25) is 0 Å². The van der Waals surface area contributed by atoms with E-state index >= 15 is 0 Å². The lowest BCUT2D eigenvalue weighted by Gasteiger charge is -2.29. The molecular weight excluding hydrogens is 192 g/mol. The molecule has 0 fully saturated rings. The zero-order valence-corrected chi connectivity index (χ0v) is 11.1. The molecule has 0 saturated carbocycles. The zero-order chi connectivity index (χ0) is 11.1. The molecule has 0 aliphatic rings. The van der Waals surface area contributed by atoms with E-state index in [1.54, 1.807) is 0 Å². The molecule has 0 aromatic heterocycles. The van der Waals surface area contributed by atoms with Gasteiger partial charge in [-0.05, 0) is 24.5 Å². The fraction of sp³-hybridized carbons (Fsp3) is 1.00. The maximum absolute atomic E-state index is 9.77.